The summed E-state index contributed by atoms with van der Waals surface area (Å²) in [6.45, 7) is 15.7. The Labute approximate surface area is 192 Å². The average Bonchev–Trinajstić information content (AvgIpc) is 2.78. The summed E-state index contributed by atoms with van der Waals surface area (Å²) < 4.78 is 5.36. The van der Waals surface area contributed by atoms with Crippen molar-refractivity contribution in [2.45, 2.75) is 60.0 Å². The van der Waals surface area contributed by atoms with E-state index in [4.69, 9.17) is 4.74 Å². The maximum atomic E-state index is 11.8. The lowest BCUT2D eigenvalue weighted by molar-refractivity contribution is -0.149. The summed E-state index contributed by atoms with van der Waals surface area (Å²) in [5.41, 5.74) is 1.82. The molecule has 0 aliphatic rings. The fourth-order valence-electron chi connectivity index (χ4n) is 2.52. The largest absolute Gasteiger partial charge is 0.478 e. The van der Waals surface area contributed by atoms with Crippen LogP contribution in [0.3, 0.4) is 0 Å². The van der Waals surface area contributed by atoms with Gasteiger partial charge < -0.3 is 9.84 Å². The van der Waals surface area contributed by atoms with E-state index in [1.807, 2.05) is 101 Å². The molecule has 0 atom stereocenters. The fraction of sp³-hybridized carbons (Fsp3) is 0.357. The second kappa shape index (κ2) is 12.0. The minimum Gasteiger partial charge on any atom is -0.478 e. The third kappa shape index (κ3) is 8.93. The minimum atomic E-state index is -0.868. The van der Waals surface area contributed by atoms with Gasteiger partial charge in [-0.1, -0.05) is 101 Å². The van der Waals surface area contributed by atoms with E-state index in [0.29, 0.717) is 11.1 Å². The molecule has 0 radical (unpaired) electrons. The zero-order chi connectivity index (χ0) is 24.4. The van der Waals surface area contributed by atoms with Gasteiger partial charge in [-0.05, 0) is 43.2 Å². The second-order valence-corrected chi connectivity index (χ2v) is 8.92. The molecule has 2 rings (SSSR count). The van der Waals surface area contributed by atoms with Gasteiger partial charge in [0.25, 0.3) is 0 Å². The van der Waals surface area contributed by atoms with Gasteiger partial charge in [-0.2, -0.15) is 0 Å². The number of rotatable bonds is 8. The van der Waals surface area contributed by atoms with E-state index in [9.17, 15) is 14.7 Å². The molecule has 172 valence electrons. The lowest BCUT2D eigenvalue weighted by Gasteiger charge is -2.23. The van der Waals surface area contributed by atoms with E-state index in [1.165, 1.54) is 0 Å². The van der Waals surface area contributed by atoms with Crippen LogP contribution >= 0.6 is 0 Å². The molecule has 0 aromatic heterocycles. The Morgan fingerprint density at radius 1 is 0.875 bits per heavy atom. The Bertz CT molecular complexity index is 922. The molecule has 4 heteroatoms. The Hall–Kier alpha value is -3.14. The second-order valence-electron chi connectivity index (χ2n) is 8.92. The standard InChI is InChI=1S/2C14H18O2/c1-5-14(3,4)16-13(15)11(2)12-9-7-6-8-10-12;1-4-14(2,3)10-12(13(15)16)11-8-6-5-7-9-11/h6-10H,2,5H2,1,3-4H3;5-10H,4H2,1-3H3,(H,15,16). The average molecular weight is 437 g/mol. The molecule has 0 bridgehead atoms. The summed E-state index contributed by atoms with van der Waals surface area (Å²) in [5.74, 6) is -1.22. The number of allylic oxidation sites excluding steroid dienone is 1. The van der Waals surface area contributed by atoms with Gasteiger partial charge in [-0.15, -0.1) is 0 Å². The van der Waals surface area contributed by atoms with Crippen LogP contribution in [0.2, 0.25) is 0 Å². The van der Waals surface area contributed by atoms with Crippen molar-refractivity contribution < 1.29 is 19.4 Å². The first-order valence-electron chi connectivity index (χ1n) is 10.9. The molecule has 2 aromatic rings. The molecule has 1 N–H and O–H groups in total. The van der Waals surface area contributed by atoms with Crippen LogP contribution in [0.25, 0.3) is 11.1 Å². The van der Waals surface area contributed by atoms with Crippen molar-refractivity contribution in [1.82, 2.24) is 0 Å². The lowest BCUT2D eigenvalue weighted by Crippen LogP contribution is -2.27. The van der Waals surface area contributed by atoms with Gasteiger partial charge in [0.05, 0.1) is 11.1 Å². The zero-order valence-electron chi connectivity index (χ0n) is 20.1. The number of carbonyl (C=O) groups excluding carboxylic acids is 1. The summed E-state index contributed by atoms with van der Waals surface area (Å²) in [5, 5.41) is 9.22. The summed E-state index contributed by atoms with van der Waals surface area (Å²) in [6, 6.07) is 18.6. The maximum Gasteiger partial charge on any atom is 0.338 e. The van der Waals surface area contributed by atoms with E-state index in [-0.39, 0.29) is 11.4 Å². The first-order chi connectivity index (χ1) is 14.9. The van der Waals surface area contributed by atoms with Gasteiger partial charge in [0, 0.05) is 0 Å². The summed E-state index contributed by atoms with van der Waals surface area (Å²) in [4.78, 5) is 23.0. The Kier molecular flexibility index (Phi) is 10.1. The number of hydrogen-bond acceptors (Lipinski definition) is 3. The molecule has 0 heterocycles. The SMILES string of the molecule is C=C(C(=O)OC(C)(C)CC)c1ccccc1.CCC(C)(C)C=C(C(=O)O)c1ccccc1. The Morgan fingerprint density at radius 3 is 1.75 bits per heavy atom. The molecule has 4 nitrogen and oxygen atoms in total. The predicted molar refractivity (Wildman–Crippen MR) is 132 cm³/mol. The van der Waals surface area contributed by atoms with Crippen molar-refractivity contribution in [3.63, 3.8) is 0 Å². The smallest absolute Gasteiger partial charge is 0.338 e. The molecular weight excluding hydrogens is 400 g/mol. The number of carboxylic acids is 1. The number of hydrogen-bond donors (Lipinski definition) is 1. The highest BCUT2D eigenvalue weighted by molar-refractivity contribution is 6.16. The molecule has 0 spiro atoms. The summed E-state index contributed by atoms with van der Waals surface area (Å²) in [6.07, 6.45) is 3.53. The summed E-state index contributed by atoms with van der Waals surface area (Å²) in [7, 11) is 0. The van der Waals surface area contributed by atoms with E-state index < -0.39 is 11.6 Å². The topological polar surface area (TPSA) is 63.6 Å². The zero-order valence-corrected chi connectivity index (χ0v) is 20.1. The monoisotopic (exact) mass is 436 g/mol. The molecule has 0 amide bonds. The highest BCUT2D eigenvalue weighted by atomic mass is 16.6. The molecular formula is C28H36O4. The van der Waals surface area contributed by atoms with Gasteiger partial charge in [0.1, 0.15) is 5.60 Å². The number of benzene rings is 2. The van der Waals surface area contributed by atoms with Crippen LogP contribution in [0, 0.1) is 5.41 Å². The first-order valence-corrected chi connectivity index (χ1v) is 10.9. The quantitative estimate of drug-likeness (QED) is 0.357. The molecule has 32 heavy (non-hydrogen) atoms. The first kappa shape index (κ1) is 26.9. The van der Waals surface area contributed by atoms with Gasteiger partial charge in [-0.3, -0.25) is 0 Å². The van der Waals surface area contributed by atoms with Crippen molar-refractivity contribution in [2.24, 2.45) is 5.41 Å². The lowest BCUT2D eigenvalue weighted by atomic mass is 9.86. The predicted octanol–water partition coefficient (Wildman–Crippen LogP) is 7.02. The van der Waals surface area contributed by atoms with E-state index >= 15 is 0 Å². The van der Waals surface area contributed by atoms with Gasteiger partial charge in [0.2, 0.25) is 0 Å². The van der Waals surface area contributed by atoms with Crippen LogP contribution in [-0.2, 0) is 14.3 Å². The summed E-state index contributed by atoms with van der Waals surface area (Å²) >= 11 is 0. The number of esters is 1. The maximum absolute atomic E-state index is 11.8. The van der Waals surface area contributed by atoms with Crippen LogP contribution < -0.4 is 0 Å². The fourth-order valence-corrected chi connectivity index (χ4v) is 2.52. The molecule has 0 fully saturated rings. The van der Waals surface area contributed by atoms with Crippen molar-refractivity contribution in [2.75, 3.05) is 0 Å². The number of ether oxygens (including phenoxy) is 1. The molecule has 0 saturated heterocycles. The highest BCUT2D eigenvalue weighted by Crippen LogP contribution is 2.27. The normalized spacial score (nSPS) is 11.8. The van der Waals surface area contributed by atoms with Crippen molar-refractivity contribution in [3.8, 4) is 0 Å². The molecule has 0 saturated carbocycles. The van der Waals surface area contributed by atoms with Crippen molar-refractivity contribution in [1.29, 1.82) is 0 Å². The van der Waals surface area contributed by atoms with Crippen LogP contribution in [0.5, 0.6) is 0 Å². The molecule has 0 unspecified atom stereocenters. The third-order valence-electron chi connectivity index (χ3n) is 5.35. The van der Waals surface area contributed by atoms with Crippen LogP contribution in [-0.4, -0.2) is 22.6 Å². The molecule has 0 aliphatic carbocycles. The molecule has 2 aromatic carbocycles. The van der Waals surface area contributed by atoms with Gasteiger partial charge in [0.15, 0.2) is 0 Å². The van der Waals surface area contributed by atoms with Gasteiger partial charge >= 0.3 is 11.9 Å². The highest BCUT2D eigenvalue weighted by Gasteiger charge is 2.22. The van der Waals surface area contributed by atoms with Crippen molar-refractivity contribution in [3.05, 3.63) is 84.4 Å². The number of aliphatic carboxylic acids is 1. The number of carbonyl (C=O) groups is 2. The Morgan fingerprint density at radius 2 is 1.34 bits per heavy atom. The van der Waals surface area contributed by atoms with E-state index in [1.54, 1.807) is 0 Å². The Balaban J connectivity index is 0.000000320. The van der Waals surface area contributed by atoms with Crippen LogP contribution in [0.1, 0.15) is 65.5 Å². The minimum absolute atomic E-state index is 0.0937. The number of carboxylic acid groups (broad SMARTS) is 1. The van der Waals surface area contributed by atoms with Gasteiger partial charge in [-0.25, -0.2) is 9.59 Å². The van der Waals surface area contributed by atoms with Crippen molar-refractivity contribution >= 4 is 23.1 Å². The van der Waals surface area contributed by atoms with E-state index in [0.717, 1.165) is 24.0 Å². The van der Waals surface area contributed by atoms with Crippen LogP contribution in [0.4, 0.5) is 0 Å². The van der Waals surface area contributed by atoms with E-state index in [2.05, 4.69) is 13.5 Å². The van der Waals surface area contributed by atoms with Crippen LogP contribution in [0.15, 0.2) is 73.3 Å². The third-order valence-corrected chi connectivity index (χ3v) is 5.35. The molecule has 0 aliphatic heterocycles.